The van der Waals surface area contributed by atoms with Crippen LogP contribution in [0, 0.1) is 28.9 Å². The van der Waals surface area contributed by atoms with E-state index in [0.29, 0.717) is 55.4 Å². The molecule has 12 heteroatoms. The molecule has 4 aromatic rings. The smallest absolute Gasteiger partial charge is 0.229 e. The third-order valence-corrected chi connectivity index (χ3v) is 7.05. The van der Waals surface area contributed by atoms with Crippen molar-refractivity contribution in [3.8, 4) is 17.3 Å². The average Bonchev–Trinajstić information content (AvgIpc) is 3.35. The van der Waals surface area contributed by atoms with Gasteiger partial charge in [-0.25, -0.2) is 13.8 Å². The molecule has 0 amide bonds. The molecule has 4 heterocycles. The van der Waals surface area contributed by atoms with Crippen molar-refractivity contribution in [2.75, 3.05) is 36.5 Å². The molecule has 0 spiro atoms. The van der Waals surface area contributed by atoms with Crippen LogP contribution in [0.25, 0.3) is 16.8 Å². The van der Waals surface area contributed by atoms with Crippen LogP contribution in [-0.4, -0.2) is 58.0 Å². The van der Waals surface area contributed by atoms with Crippen molar-refractivity contribution in [1.82, 2.24) is 19.6 Å². The normalized spacial score (nSPS) is 18.9. The molecule has 1 aromatic carbocycles. The number of imidazole rings is 1. The lowest BCUT2D eigenvalue weighted by atomic mass is 9.92. The van der Waals surface area contributed by atoms with Gasteiger partial charge >= 0.3 is 0 Å². The number of rotatable bonds is 10. The van der Waals surface area contributed by atoms with Crippen LogP contribution < -0.4 is 16.0 Å². The van der Waals surface area contributed by atoms with Gasteiger partial charge in [0.1, 0.15) is 11.6 Å². The molecule has 3 unspecified atom stereocenters. The molecule has 3 aromatic heterocycles. The predicted molar refractivity (Wildman–Crippen MR) is 151 cm³/mol. The number of nitrogens with two attached hydrogens (primary N) is 1. The molecular formula is C29H32F2N8O2. The zero-order valence-electron chi connectivity index (χ0n) is 22.9. The van der Waals surface area contributed by atoms with Gasteiger partial charge in [-0.1, -0.05) is 6.92 Å². The van der Waals surface area contributed by atoms with Crippen LogP contribution in [0.3, 0.4) is 0 Å². The van der Waals surface area contributed by atoms with E-state index in [0.717, 1.165) is 5.69 Å². The van der Waals surface area contributed by atoms with Crippen molar-refractivity contribution in [2.45, 2.75) is 39.0 Å². The number of hydrogen-bond donors (Lipinski definition) is 2. The Bertz CT molecular complexity index is 1520. The molecule has 0 saturated carbocycles. The highest BCUT2D eigenvalue weighted by Gasteiger charge is 2.34. The summed E-state index contributed by atoms with van der Waals surface area (Å²) < 4.78 is 42.7. The van der Waals surface area contributed by atoms with Crippen molar-refractivity contribution in [3.63, 3.8) is 0 Å². The second kappa shape index (κ2) is 12.6. The second-order valence-electron chi connectivity index (χ2n) is 10.0. The third kappa shape index (κ3) is 6.12. The van der Waals surface area contributed by atoms with Crippen LogP contribution >= 0.6 is 0 Å². The summed E-state index contributed by atoms with van der Waals surface area (Å²) >= 11 is 0. The number of fused-ring (bicyclic) bond motifs is 1. The fourth-order valence-electron chi connectivity index (χ4n) is 5.19. The topological polar surface area (TPSA) is 127 Å². The largest absolute Gasteiger partial charge is 0.377 e. The van der Waals surface area contributed by atoms with E-state index in [1.807, 2.05) is 13.0 Å². The highest BCUT2D eigenvalue weighted by Crippen LogP contribution is 2.32. The van der Waals surface area contributed by atoms with Gasteiger partial charge < -0.3 is 25.4 Å². The molecule has 10 nitrogen and oxygen atoms in total. The van der Waals surface area contributed by atoms with Crippen molar-refractivity contribution in [1.29, 1.82) is 5.26 Å². The van der Waals surface area contributed by atoms with Gasteiger partial charge in [0, 0.05) is 37.9 Å². The minimum atomic E-state index is -0.721. The van der Waals surface area contributed by atoms with Gasteiger partial charge in [-0.05, 0) is 42.8 Å². The zero-order valence-corrected chi connectivity index (χ0v) is 22.9. The first-order valence-corrected chi connectivity index (χ1v) is 13.5. The number of halogens is 2. The zero-order chi connectivity index (χ0) is 28.9. The molecule has 1 aliphatic rings. The summed E-state index contributed by atoms with van der Waals surface area (Å²) in [6, 6.07) is 9.52. The number of aromatic nitrogens is 4. The molecular weight excluding hydrogens is 530 g/mol. The summed E-state index contributed by atoms with van der Waals surface area (Å²) in [4.78, 5) is 10.9. The molecule has 1 aliphatic heterocycles. The number of piperidine rings is 1. The fourth-order valence-corrected chi connectivity index (χ4v) is 5.19. The van der Waals surface area contributed by atoms with Crippen LogP contribution in [0.4, 0.5) is 26.1 Å². The summed E-state index contributed by atoms with van der Waals surface area (Å²) in [5.74, 6) is -0.959. The molecule has 0 aliphatic carbocycles. The van der Waals surface area contributed by atoms with Crippen molar-refractivity contribution in [3.05, 3.63) is 66.1 Å². The highest BCUT2D eigenvalue weighted by atomic mass is 19.1. The molecule has 214 valence electrons. The van der Waals surface area contributed by atoms with E-state index >= 15 is 8.78 Å². The van der Waals surface area contributed by atoms with Crippen LogP contribution in [0.2, 0.25) is 0 Å². The molecule has 3 N–H and O–H groups in total. The van der Waals surface area contributed by atoms with Crippen molar-refractivity contribution >= 4 is 22.8 Å². The summed E-state index contributed by atoms with van der Waals surface area (Å²) in [6.45, 7) is 6.05. The number of anilines is 3. The summed E-state index contributed by atoms with van der Waals surface area (Å²) in [7, 11) is 0. The van der Waals surface area contributed by atoms with E-state index in [9.17, 15) is 0 Å². The molecule has 0 radical (unpaired) electrons. The summed E-state index contributed by atoms with van der Waals surface area (Å²) in [5, 5.41) is 16.6. The number of nitrogens with one attached hydrogen (secondary N) is 1. The molecule has 1 fully saturated rings. The Kier molecular flexibility index (Phi) is 8.68. The van der Waals surface area contributed by atoms with Crippen molar-refractivity contribution < 1.29 is 18.3 Å². The minimum Gasteiger partial charge on any atom is -0.377 e. The molecule has 1 saturated heterocycles. The number of nitrogens with zero attached hydrogens (tertiary/aromatic N) is 6. The molecule has 41 heavy (non-hydrogen) atoms. The lowest BCUT2D eigenvalue weighted by Crippen LogP contribution is -2.56. The number of pyridine rings is 1. The van der Waals surface area contributed by atoms with E-state index in [-0.39, 0.29) is 35.9 Å². The Hall–Kier alpha value is -4.18. The lowest BCUT2D eigenvalue weighted by Gasteiger charge is -2.42. The number of hydrogen-bond acceptors (Lipinski definition) is 9. The second-order valence-corrected chi connectivity index (χ2v) is 10.0. The van der Waals surface area contributed by atoms with Crippen LogP contribution in [-0.2, 0) is 16.1 Å². The fraction of sp³-hybridized carbons (Fsp3) is 0.379. The number of nitriles is 1. The standard InChI is InChI=1S/C29H32F2N8O2/c1-3-40-17-19-11-21(30)27(22(31)12-19)24-6-5-20-13-35-29(39(20)37-24)36-25-14-34-9-7-26(25)38-15-18(2)28(23(33)16-38)41-10-4-8-32/h5-7,9,11-14,18,23,28H,3-4,10,15-17,33H2,1-2H3,(H,35,36). The maximum atomic E-state index is 15.0. The van der Waals surface area contributed by atoms with Gasteiger partial charge in [0.2, 0.25) is 5.95 Å². The minimum absolute atomic E-state index is 0.121. The van der Waals surface area contributed by atoms with E-state index in [1.54, 1.807) is 30.7 Å². The first-order valence-electron chi connectivity index (χ1n) is 13.5. The maximum absolute atomic E-state index is 15.0. The Labute approximate surface area is 236 Å². The summed E-state index contributed by atoms with van der Waals surface area (Å²) in [5.41, 5.74) is 8.98. The van der Waals surface area contributed by atoms with Gasteiger partial charge in [-0.15, -0.1) is 0 Å². The Morgan fingerprint density at radius 1 is 1.17 bits per heavy atom. The summed E-state index contributed by atoms with van der Waals surface area (Å²) in [6.07, 6.45) is 5.18. The van der Waals surface area contributed by atoms with Gasteiger partial charge in [-0.2, -0.15) is 14.9 Å². The van der Waals surface area contributed by atoms with Crippen LogP contribution in [0.1, 0.15) is 25.8 Å². The van der Waals surface area contributed by atoms with E-state index in [1.165, 1.54) is 16.6 Å². The van der Waals surface area contributed by atoms with E-state index in [2.05, 4.69) is 38.3 Å². The number of benzene rings is 1. The van der Waals surface area contributed by atoms with E-state index < -0.39 is 11.6 Å². The number of ether oxygens (including phenoxy) is 2. The third-order valence-electron chi connectivity index (χ3n) is 7.05. The Balaban J connectivity index is 1.40. The predicted octanol–water partition coefficient (Wildman–Crippen LogP) is 4.43. The van der Waals surface area contributed by atoms with E-state index in [4.69, 9.17) is 20.5 Å². The van der Waals surface area contributed by atoms with Crippen LogP contribution in [0.5, 0.6) is 0 Å². The first kappa shape index (κ1) is 28.4. The monoisotopic (exact) mass is 562 g/mol. The van der Waals surface area contributed by atoms with Gasteiger partial charge in [0.15, 0.2) is 0 Å². The first-order chi connectivity index (χ1) is 19.9. The Morgan fingerprint density at radius 3 is 2.71 bits per heavy atom. The Morgan fingerprint density at radius 2 is 1.98 bits per heavy atom. The lowest BCUT2D eigenvalue weighted by molar-refractivity contribution is -0.00331. The molecule has 0 bridgehead atoms. The average molecular weight is 563 g/mol. The quantitative estimate of drug-likeness (QED) is 0.270. The molecule has 5 rings (SSSR count). The van der Waals surface area contributed by atoms with Crippen molar-refractivity contribution in [2.24, 2.45) is 11.7 Å². The molecule has 3 atom stereocenters. The highest BCUT2D eigenvalue weighted by molar-refractivity contribution is 5.74. The van der Waals surface area contributed by atoms with Gasteiger partial charge in [0.05, 0.1) is 72.4 Å². The van der Waals surface area contributed by atoms with Gasteiger partial charge in [0.25, 0.3) is 0 Å². The maximum Gasteiger partial charge on any atom is 0.229 e. The SMILES string of the molecule is CCOCc1cc(F)c(-c2ccc3cnc(Nc4cnccc4N4CC(C)C(OCCC#N)C(N)C4)n3n2)c(F)c1. The van der Waals surface area contributed by atoms with Gasteiger partial charge in [-0.3, -0.25) is 4.98 Å². The van der Waals surface area contributed by atoms with Crippen LogP contribution in [0.15, 0.2) is 48.9 Å².